The lowest BCUT2D eigenvalue weighted by molar-refractivity contribution is -0.141. The molecule has 1 aliphatic carbocycles. The van der Waals surface area contributed by atoms with E-state index in [9.17, 15) is 14.7 Å². The summed E-state index contributed by atoms with van der Waals surface area (Å²) < 4.78 is 0. The Morgan fingerprint density at radius 2 is 2.00 bits per heavy atom. The Morgan fingerprint density at radius 3 is 2.58 bits per heavy atom. The number of hydroxylamine groups is 1. The molecule has 7 heteroatoms. The Balaban J connectivity index is 1.85. The van der Waals surface area contributed by atoms with Gasteiger partial charge in [-0.05, 0) is 36.8 Å². The molecule has 0 unspecified atom stereocenters. The van der Waals surface area contributed by atoms with Crippen LogP contribution in [0.3, 0.4) is 0 Å². The maximum absolute atomic E-state index is 11.5. The fourth-order valence-corrected chi connectivity index (χ4v) is 3.16. The van der Waals surface area contributed by atoms with Crippen LogP contribution in [0.2, 0.25) is 0 Å². The Morgan fingerprint density at radius 1 is 1.25 bits per heavy atom. The van der Waals surface area contributed by atoms with E-state index in [1.54, 1.807) is 11.7 Å². The maximum atomic E-state index is 11.5. The lowest BCUT2D eigenvalue weighted by atomic mass is 9.84. The number of aliphatic carboxylic acids is 1. The van der Waals surface area contributed by atoms with Gasteiger partial charge in [0.25, 0.3) is 0 Å². The number of carbonyl (C=O) groups is 2. The minimum Gasteiger partial charge on any atom is -0.480 e. The monoisotopic (exact) mass is 335 g/mol. The van der Waals surface area contributed by atoms with E-state index in [2.05, 4.69) is 10.3 Å². The molecule has 0 saturated heterocycles. The SMILES string of the molecule is O=C(CCc1ccc(CN[C@H](C(=O)O)C2CCCCC2)cn1)NO. The first-order chi connectivity index (χ1) is 11.6. The lowest BCUT2D eigenvalue weighted by Gasteiger charge is -2.28. The summed E-state index contributed by atoms with van der Waals surface area (Å²) in [7, 11) is 0. The third-order valence-electron chi connectivity index (χ3n) is 4.53. The Bertz CT molecular complexity index is 541. The molecule has 2 rings (SSSR count). The van der Waals surface area contributed by atoms with Gasteiger partial charge in [-0.25, -0.2) is 5.48 Å². The summed E-state index contributed by atoms with van der Waals surface area (Å²) in [5.74, 6) is -1.04. The second-order valence-corrected chi connectivity index (χ2v) is 6.29. The Labute approximate surface area is 141 Å². The summed E-state index contributed by atoms with van der Waals surface area (Å²) in [6.07, 6.45) is 7.65. The van der Waals surface area contributed by atoms with E-state index in [0.717, 1.165) is 36.9 Å². The molecule has 1 heterocycles. The van der Waals surface area contributed by atoms with Crippen LogP contribution in [0.15, 0.2) is 18.3 Å². The summed E-state index contributed by atoms with van der Waals surface area (Å²) in [6, 6.07) is 3.18. The van der Waals surface area contributed by atoms with E-state index in [1.165, 1.54) is 6.42 Å². The van der Waals surface area contributed by atoms with E-state index in [4.69, 9.17) is 5.21 Å². The highest BCUT2D eigenvalue weighted by Crippen LogP contribution is 2.26. The predicted molar refractivity (Wildman–Crippen MR) is 87.3 cm³/mol. The second-order valence-electron chi connectivity index (χ2n) is 6.29. The molecule has 1 aromatic heterocycles. The van der Waals surface area contributed by atoms with Crippen LogP contribution in [-0.2, 0) is 22.6 Å². The van der Waals surface area contributed by atoms with Crippen molar-refractivity contribution in [2.75, 3.05) is 0 Å². The summed E-state index contributed by atoms with van der Waals surface area (Å²) >= 11 is 0. The van der Waals surface area contributed by atoms with Crippen LogP contribution in [0.1, 0.15) is 49.8 Å². The van der Waals surface area contributed by atoms with Crippen LogP contribution in [-0.4, -0.2) is 33.2 Å². The van der Waals surface area contributed by atoms with Crippen molar-refractivity contribution in [2.45, 2.75) is 57.5 Å². The molecule has 0 bridgehead atoms. The highest BCUT2D eigenvalue weighted by atomic mass is 16.5. The number of pyridine rings is 1. The van der Waals surface area contributed by atoms with Crippen LogP contribution < -0.4 is 10.8 Å². The molecule has 0 radical (unpaired) electrons. The van der Waals surface area contributed by atoms with Gasteiger partial charge in [-0.1, -0.05) is 25.3 Å². The summed E-state index contributed by atoms with van der Waals surface area (Å²) in [6.45, 7) is 0.456. The van der Waals surface area contributed by atoms with Gasteiger partial charge in [-0.2, -0.15) is 0 Å². The maximum Gasteiger partial charge on any atom is 0.320 e. The van der Waals surface area contributed by atoms with E-state index in [-0.39, 0.29) is 12.3 Å². The average Bonchev–Trinajstić information content (AvgIpc) is 2.61. The van der Waals surface area contributed by atoms with Gasteiger partial charge in [-0.15, -0.1) is 0 Å². The van der Waals surface area contributed by atoms with Crippen molar-refractivity contribution in [3.8, 4) is 0 Å². The third-order valence-corrected chi connectivity index (χ3v) is 4.53. The van der Waals surface area contributed by atoms with E-state index >= 15 is 0 Å². The number of nitrogens with one attached hydrogen (secondary N) is 2. The predicted octanol–water partition coefficient (Wildman–Crippen LogP) is 1.64. The zero-order chi connectivity index (χ0) is 17.4. The van der Waals surface area contributed by atoms with Gasteiger partial charge in [0.15, 0.2) is 0 Å². The number of carboxylic acid groups (broad SMARTS) is 1. The second kappa shape index (κ2) is 9.34. The first-order valence-corrected chi connectivity index (χ1v) is 8.43. The van der Waals surface area contributed by atoms with Crippen molar-refractivity contribution in [1.29, 1.82) is 0 Å². The molecule has 1 amide bonds. The molecule has 0 aromatic carbocycles. The Hall–Kier alpha value is -1.99. The molecule has 1 fully saturated rings. The standard InChI is InChI=1S/C17H25N3O4/c21-15(20-24)9-8-14-7-6-12(10-18-14)11-19-16(17(22)23)13-4-2-1-3-5-13/h6-7,10,13,16,19,24H,1-5,8-9,11H2,(H,20,21)(H,22,23)/t16-/m0/s1. The van der Waals surface area contributed by atoms with Crippen LogP contribution >= 0.6 is 0 Å². The fraction of sp³-hybridized carbons (Fsp3) is 0.588. The van der Waals surface area contributed by atoms with Gasteiger partial charge < -0.3 is 10.4 Å². The topological polar surface area (TPSA) is 112 Å². The molecule has 1 aliphatic rings. The van der Waals surface area contributed by atoms with Crippen LogP contribution in [0.5, 0.6) is 0 Å². The van der Waals surface area contributed by atoms with Gasteiger partial charge in [0, 0.05) is 24.9 Å². The zero-order valence-corrected chi connectivity index (χ0v) is 13.7. The average molecular weight is 335 g/mol. The quantitative estimate of drug-likeness (QED) is 0.424. The highest BCUT2D eigenvalue weighted by molar-refractivity contribution is 5.74. The first-order valence-electron chi connectivity index (χ1n) is 8.43. The number of carbonyl (C=O) groups excluding carboxylic acids is 1. The highest BCUT2D eigenvalue weighted by Gasteiger charge is 2.28. The van der Waals surface area contributed by atoms with Gasteiger partial charge in [0.1, 0.15) is 6.04 Å². The Kier molecular flexibility index (Phi) is 7.14. The summed E-state index contributed by atoms with van der Waals surface area (Å²) in [5, 5.41) is 21.1. The third kappa shape index (κ3) is 5.58. The number of nitrogens with zero attached hydrogens (tertiary/aromatic N) is 1. The molecule has 0 aliphatic heterocycles. The van der Waals surface area contributed by atoms with E-state index in [0.29, 0.717) is 13.0 Å². The fourth-order valence-electron chi connectivity index (χ4n) is 3.16. The molecule has 7 nitrogen and oxygen atoms in total. The molecule has 132 valence electrons. The smallest absolute Gasteiger partial charge is 0.320 e. The van der Waals surface area contributed by atoms with Crippen molar-refractivity contribution in [3.63, 3.8) is 0 Å². The van der Waals surface area contributed by atoms with Gasteiger partial charge in [0.05, 0.1) is 0 Å². The van der Waals surface area contributed by atoms with Crippen molar-refractivity contribution >= 4 is 11.9 Å². The van der Waals surface area contributed by atoms with Gasteiger partial charge in [0.2, 0.25) is 5.91 Å². The minimum atomic E-state index is -0.790. The molecule has 4 N–H and O–H groups in total. The van der Waals surface area contributed by atoms with Crippen LogP contribution in [0.4, 0.5) is 0 Å². The van der Waals surface area contributed by atoms with E-state index < -0.39 is 17.9 Å². The first kappa shape index (κ1) is 18.4. The molecule has 1 aromatic rings. The summed E-state index contributed by atoms with van der Waals surface area (Å²) in [4.78, 5) is 26.8. The molecular weight excluding hydrogens is 310 g/mol. The van der Waals surface area contributed by atoms with Crippen molar-refractivity contribution in [3.05, 3.63) is 29.6 Å². The lowest BCUT2D eigenvalue weighted by Crippen LogP contribution is -2.43. The van der Waals surface area contributed by atoms with Crippen molar-refractivity contribution in [1.82, 2.24) is 15.8 Å². The van der Waals surface area contributed by atoms with Crippen molar-refractivity contribution < 1.29 is 19.9 Å². The number of rotatable bonds is 8. The minimum absolute atomic E-state index is 0.171. The van der Waals surface area contributed by atoms with Crippen LogP contribution in [0, 0.1) is 5.92 Å². The molecule has 1 atom stereocenters. The number of amides is 1. The van der Waals surface area contributed by atoms with Gasteiger partial charge in [-0.3, -0.25) is 19.8 Å². The molecule has 24 heavy (non-hydrogen) atoms. The van der Waals surface area contributed by atoms with Gasteiger partial charge >= 0.3 is 5.97 Å². The molecular formula is C17H25N3O4. The summed E-state index contributed by atoms with van der Waals surface area (Å²) in [5.41, 5.74) is 3.25. The molecule has 1 saturated carbocycles. The number of aromatic nitrogens is 1. The zero-order valence-electron chi connectivity index (χ0n) is 13.7. The molecule has 0 spiro atoms. The number of hydrogen-bond donors (Lipinski definition) is 4. The number of aryl methyl sites for hydroxylation is 1. The van der Waals surface area contributed by atoms with Crippen LogP contribution in [0.25, 0.3) is 0 Å². The number of carboxylic acids is 1. The van der Waals surface area contributed by atoms with Crippen molar-refractivity contribution in [2.24, 2.45) is 5.92 Å². The largest absolute Gasteiger partial charge is 0.480 e. The number of hydrogen-bond acceptors (Lipinski definition) is 5. The van der Waals surface area contributed by atoms with E-state index in [1.807, 2.05) is 12.1 Å². The normalized spacial score (nSPS) is 16.5.